The fourth-order valence-corrected chi connectivity index (χ4v) is 4.93. The molecule has 0 bridgehead atoms. The van der Waals surface area contributed by atoms with Gasteiger partial charge in [-0.2, -0.15) is 0 Å². The van der Waals surface area contributed by atoms with Crippen molar-refractivity contribution in [3.05, 3.63) is 47.0 Å². The Hall–Kier alpha value is -2.99. The minimum absolute atomic E-state index is 0.645. The van der Waals surface area contributed by atoms with Crippen LogP contribution in [-0.2, 0) is 12.8 Å². The summed E-state index contributed by atoms with van der Waals surface area (Å²) in [6, 6.07) is 10.2. The minimum atomic E-state index is 0.645. The molecule has 1 aliphatic carbocycles. The topological polar surface area (TPSA) is 87.7 Å². The third kappa shape index (κ3) is 2.40. The molecule has 6 heteroatoms. The van der Waals surface area contributed by atoms with Gasteiger partial charge in [0.2, 0.25) is 0 Å². The number of benzene rings is 2. The maximum Gasteiger partial charge on any atom is 0.183 e. The Morgan fingerprint density at radius 2 is 1.93 bits per heavy atom. The van der Waals surface area contributed by atoms with Gasteiger partial charge in [-0.05, 0) is 54.7 Å². The van der Waals surface area contributed by atoms with E-state index in [9.17, 15) is 0 Å². The van der Waals surface area contributed by atoms with Crippen LogP contribution in [0.25, 0.3) is 32.4 Å². The molecule has 4 N–H and O–H groups in total. The highest BCUT2D eigenvalue weighted by Gasteiger charge is 2.23. The van der Waals surface area contributed by atoms with Crippen LogP contribution in [0.3, 0.4) is 0 Å². The van der Waals surface area contributed by atoms with Gasteiger partial charge in [-0.15, -0.1) is 0 Å². The lowest BCUT2D eigenvalue weighted by molar-refractivity contribution is 0.913. The van der Waals surface area contributed by atoms with E-state index >= 15 is 0 Å². The summed E-state index contributed by atoms with van der Waals surface area (Å²) in [7, 11) is 1.89. The highest BCUT2D eigenvalue weighted by molar-refractivity contribution is 7.22. The summed E-state index contributed by atoms with van der Waals surface area (Å²) >= 11 is 1.65. The summed E-state index contributed by atoms with van der Waals surface area (Å²) in [6.45, 7) is 0. The van der Waals surface area contributed by atoms with Gasteiger partial charge in [0.05, 0.1) is 21.4 Å². The second kappa shape index (κ2) is 6.03. The number of fused-ring (bicyclic) bond motifs is 4. The number of hydrogen-bond donors (Lipinski definition) is 3. The monoisotopic (exact) mass is 373 g/mol. The van der Waals surface area contributed by atoms with Crippen molar-refractivity contribution in [2.45, 2.75) is 19.3 Å². The average Bonchev–Trinajstić information content (AvgIpc) is 3.33. The molecule has 4 aromatic rings. The number of hydrogen-bond acceptors (Lipinski definition) is 6. The van der Waals surface area contributed by atoms with Crippen LogP contribution in [0.2, 0.25) is 0 Å². The third-order valence-electron chi connectivity index (χ3n) is 5.32. The van der Waals surface area contributed by atoms with Crippen LogP contribution in [0.4, 0.5) is 10.8 Å². The van der Waals surface area contributed by atoms with Crippen molar-refractivity contribution >= 4 is 49.5 Å². The molecule has 0 radical (unpaired) electrons. The smallest absolute Gasteiger partial charge is 0.183 e. The number of nitrogen functional groups attached to an aromatic ring is 1. The summed E-state index contributed by atoms with van der Waals surface area (Å²) in [5.41, 5.74) is 14.3. The van der Waals surface area contributed by atoms with Crippen molar-refractivity contribution in [2.24, 2.45) is 0 Å². The molecular formula is C21H19N5S. The van der Waals surface area contributed by atoms with Crippen molar-refractivity contribution < 1.29 is 0 Å². The van der Waals surface area contributed by atoms with Crippen molar-refractivity contribution in [1.82, 2.24) is 9.97 Å². The minimum Gasteiger partial charge on any atom is -0.398 e. The van der Waals surface area contributed by atoms with E-state index in [1.807, 2.05) is 19.2 Å². The molecule has 0 unspecified atom stereocenters. The molecule has 0 saturated heterocycles. The van der Waals surface area contributed by atoms with Crippen LogP contribution in [0.15, 0.2) is 30.3 Å². The first-order valence-electron chi connectivity index (χ1n) is 9.02. The molecule has 134 valence electrons. The van der Waals surface area contributed by atoms with E-state index in [0.29, 0.717) is 5.69 Å². The summed E-state index contributed by atoms with van der Waals surface area (Å²) in [5.74, 6) is 0. The number of rotatable bonds is 3. The van der Waals surface area contributed by atoms with E-state index in [2.05, 4.69) is 28.5 Å². The first-order chi connectivity index (χ1) is 13.2. The Labute approximate surface area is 160 Å². The summed E-state index contributed by atoms with van der Waals surface area (Å²) in [6.07, 6.45) is 4.50. The van der Waals surface area contributed by atoms with Gasteiger partial charge in [-0.25, -0.2) is 9.97 Å². The van der Waals surface area contributed by atoms with Crippen LogP contribution in [-0.4, -0.2) is 23.2 Å². The van der Waals surface area contributed by atoms with E-state index in [-0.39, 0.29) is 0 Å². The SMILES string of the molecule is CNc1nc2ccc(-c3nc4ccc(N)c(C=N)c4c4c3CCC4)cc2s1. The molecule has 2 heterocycles. The fourth-order valence-electron chi connectivity index (χ4n) is 4.08. The van der Waals surface area contributed by atoms with Crippen LogP contribution < -0.4 is 11.1 Å². The normalized spacial score (nSPS) is 13.2. The molecule has 5 rings (SSSR count). The number of nitrogens with one attached hydrogen (secondary N) is 2. The maximum atomic E-state index is 7.81. The first kappa shape index (κ1) is 16.2. The zero-order valence-corrected chi connectivity index (χ0v) is 15.8. The predicted octanol–water partition coefficient (Wildman–Crippen LogP) is 4.62. The molecule has 2 aromatic heterocycles. The average molecular weight is 373 g/mol. The van der Waals surface area contributed by atoms with Crippen LogP contribution in [0, 0.1) is 5.41 Å². The molecule has 27 heavy (non-hydrogen) atoms. The number of pyridine rings is 1. The van der Waals surface area contributed by atoms with E-state index < -0.39 is 0 Å². The highest BCUT2D eigenvalue weighted by Crippen LogP contribution is 2.39. The van der Waals surface area contributed by atoms with Crippen LogP contribution in [0.1, 0.15) is 23.1 Å². The Balaban J connectivity index is 1.79. The lowest BCUT2D eigenvalue weighted by atomic mass is 9.95. The van der Waals surface area contributed by atoms with Gasteiger partial charge in [0.15, 0.2) is 5.13 Å². The van der Waals surface area contributed by atoms with E-state index in [0.717, 1.165) is 62.3 Å². The molecule has 0 fully saturated rings. The van der Waals surface area contributed by atoms with Gasteiger partial charge in [0, 0.05) is 35.5 Å². The molecule has 1 aliphatic rings. The van der Waals surface area contributed by atoms with Crippen LogP contribution in [0.5, 0.6) is 0 Å². The van der Waals surface area contributed by atoms with Crippen molar-refractivity contribution in [3.63, 3.8) is 0 Å². The van der Waals surface area contributed by atoms with E-state index in [4.69, 9.17) is 16.1 Å². The van der Waals surface area contributed by atoms with Gasteiger partial charge in [-0.3, -0.25) is 0 Å². The Bertz CT molecular complexity index is 1220. The molecule has 0 atom stereocenters. The summed E-state index contributed by atoms with van der Waals surface area (Å²) < 4.78 is 1.16. The quantitative estimate of drug-likeness (QED) is 0.361. The van der Waals surface area contributed by atoms with Crippen molar-refractivity contribution in [1.29, 1.82) is 5.41 Å². The Morgan fingerprint density at radius 1 is 1.11 bits per heavy atom. The lowest BCUT2D eigenvalue weighted by Gasteiger charge is -2.14. The standard InChI is InChI=1S/C21H19N5S/c1-24-21-26-16-7-5-11(9-18(16)27-21)20-13-4-2-3-12(13)19-14(10-22)15(23)6-8-17(19)25-20/h5-10,22H,2-4,23H2,1H3,(H,24,26). The second-order valence-electron chi connectivity index (χ2n) is 6.83. The number of anilines is 2. The molecule has 2 aromatic carbocycles. The molecule has 0 spiro atoms. The summed E-state index contributed by atoms with van der Waals surface area (Å²) in [5, 5.41) is 12.9. The zero-order chi connectivity index (χ0) is 18.5. The first-order valence-corrected chi connectivity index (χ1v) is 9.84. The molecule has 5 nitrogen and oxygen atoms in total. The third-order valence-corrected chi connectivity index (χ3v) is 6.35. The summed E-state index contributed by atoms with van der Waals surface area (Å²) in [4.78, 5) is 9.58. The molecular weight excluding hydrogens is 354 g/mol. The Kier molecular flexibility index (Phi) is 3.62. The lowest BCUT2D eigenvalue weighted by Crippen LogP contribution is -2.01. The number of thiazole rings is 1. The van der Waals surface area contributed by atoms with Crippen LogP contribution >= 0.6 is 11.3 Å². The van der Waals surface area contributed by atoms with Gasteiger partial charge in [0.25, 0.3) is 0 Å². The van der Waals surface area contributed by atoms with E-state index in [1.165, 1.54) is 17.3 Å². The molecule has 0 saturated carbocycles. The molecule has 0 aliphatic heterocycles. The van der Waals surface area contributed by atoms with E-state index in [1.54, 1.807) is 11.3 Å². The fraction of sp³-hybridized carbons (Fsp3) is 0.190. The zero-order valence-electron chi connectivity index (χ0n) is 15.0. The highest BCUT2D eigenvalue weighted by atomic mass is 32.1. The second-order valence-corrected chi connectivity index (χ2v) is 7.86. The maximum absolute atomic E-state index is 7.81. The van der Waals surface area contributed by atoms with Gasteiger partial charge < -0.3 is 16.5 Å². The van der Waals surface area contributed by atoms with Crippen molar-refractivity contribution in [2.75, 3.05) is 18.1 Å². The Morgan fingerprint density at radius 3 is 2.74 bits per heavy atom. The van der Waals surface area contributed by atoms with Gasteiger partial charge in [-0.1, -0.05) is 17.4 Å². The predicted molar refractivity (Wildman–Crippen MR) is 114 cm³/mol. The van der Waals surface area contributed by atoms with Gasteiger partial charge >= 0.3 is 0 Å². The number of aromatic nitrogens is 2. The molecule has 0 amide bonds. The number of nitrogens with zero attached hydrogens (tertiary/aromatic N) is 2. The van der Waals surface area contributed by atoms with Crippen molar-refractivity contribution in [3.8, 4) is 11.3 Å². The number of aryl methyl sites for hydroxylation is 1. The number of nitrogens with two attached hydrogens (primary N) is 1. The largest absolute Gasteiger partial charge is 0.398 e. The van der Waals surface area contributed by atoms with Gasteiger partial charge in [0.1, 0.15) is 0 Å².